The van der Waals surface area contributed by atoms with Crippen molar-refractivity contribution in [1.82, 2.24) is 4.98 Å². The van der Waals surface area contributed by atoms with E-state index in [2.05, 4.69) is 4.98 Å². The molecule has 2 N–H and O–H groups in total. The highest BCUT2D eigenvalue weighted by molar-refractivity contribution is 5.90. The van der Waals surface area contributed by atoms with Gasteiger partial charge in [0.1, 0.15) is 0 Å². The zero-order chi connectivity index (χ0) is 11.4. The summed E-state index contributed by atoms with van der Waals surface area (Å²) in [4.78, 5) is 14.8. The molecular formula is C13H12N2O. The Morgan fingerprint density at radius 1 is 1.31 bits per heavy atom. The Labute approximate surface area is 93.6 Å². The van der Waals surface area contributed by atoms with E-state index in [9.17, 15) is 4.79 Å². The summed E-state index contributed by atoms with van der Waals surface area (Å²) in [7, 11) is 0. The molecule has 80 valence electrons. The number of fused-ring (bicyclic) bond motifs is 1. The summed E-state index contributed by atoms with van der Waals surface area (Å²) in [5.41, 5.74) is 6.06. The summed E-state index contributed by atoms with van der Waals surface area (Å²) in [6.07, 6.45) is 7.48. The van der Waals surface area contributed by atoms with Gasteiger partial charge in [-0.05, 0) is 5.39 Å². The Morgan fingerprint density at radius 2 is 2.12 bits per heavy atom. The molecule has 0 atom stereocenters. The van der Waals surface area contributed by atoms with Crippen molar-refractivity contribution in [1.29, 1.82) is 0 Å². The molecule has 3 nitrogen and oxygen atoms in total. The van der Waals surface area contributed by atoms with Gasteiger partial charge in [0.25, 0.3) is 0 Å². The molecular weight excluding hydrogens is 200 g/mol. The van der Waals surface area contributed by atoms with Gasteiger partial charge in [-0.2, -0.15) is 0 Å². The normalized spacial score (nSPS) is 11.0. The molecule has 0 aliphatic rings. The summed E-state index contributed by atoms with van der Waals surface area (Å²) < 4.78 is 0. The number of carbonyl (C=O) groups excluding carboxylic acids is 1. The average molecular weight is 212 g/mol. The van der Waals surface area contributed by atoms with Crippen molar-refractivity contribution in [3.05, 3.63) is 48.3 Å². The van der Waals surface area contributed by atoms with Gasteiger partial charge in [-0.15, -0.1) is 0 Å². The van der Waals surface area contributed by atoms with Gasteiger partial charge >= 0.3 is 0 Å². The Kier molecular flexibility index (Phi) is 2.96. The molecule has 3 heteroatoms. The third kappa shape index (κ3) is 2.25. The number of hydrogen-bond donors (Lipinski definition) is 1. The molecule has 0 spiro atoms. The number of nitrogens with zero attached hydrogens (tertiary/aromatic N) is 1. The molecule has 0 aliphatic heterocycles. The molecule has 0 radical (unpaired) electrons. The van der Waals surface area contributed by atoms with E-state index < -0.39 is 0 Å². The van der Waals surface area contributed by atoms with Crippen LogP contribution in [-0.4, -0.2) is 10.9 Å². The molecule has 1 aromatic carbocycles. The summed E-state index contributed by atoms with van der Waals surface area (Å²) in [6.45, 7) is 0. The first-order valence-electron chi connectivity index (χ1n) is 5.05. The van der Waals surface area contributed by atoms with Crippen LogP contribution < -0.4 is 5.73 Å². The van der Waals surface area contributed by atoms with Crippen molar-refractivity contribution in [3.63, 3.8) is 0 Å². The molecule has 1 amide bonds. The summed E-state index contributed by atoms with van der Waals surface area (Å²) in [6, 6.07) is 7.99. The van der Waals surface area contributed by atoms with Gasteiger partial charge in [-0.25, -0.2) is 0 Å². The highest BCUT2D eigenvalue weighted by atomic mass is 16.1. The molecule has 2 aromatic rings. The van der Waals surface area contributed by atoms with Crippen LogP contribution in [0.15, 0.2) is 42.7 Å². The topological polar surface area (TPSA) is 56.0 Å². The van der Waals surface area contributed by atoms with Gasteiger partial charge in [0.2, 0.25) is 5.91 Å². The maximum Gasteiger partial charge on any atom is 0.221 e. The van der Waals surface area contributed by atoms with Crippen LogP contribution in [0.25, 0.3) is 16.8 Å². The first-order chi connectivity index (χ1) is 7.77. The third-order valence-electron chi connectivity index (χ3n) is 2.32. The fraction of sp³-hybridized carbons (Fsp3) is 0.0769. The van der Waals surface area contributed by atoms with Gasteiger partial charge in [-0.3, -0.25) is 9.78 Å². The number of amides is 1. The predicted molar refractivity (Wildman–Crippen MR) is 64.6 cm³/mol. The number of carbonyl (C=O) groups is 1. The quantitative estimate of drug-likeness (QED) is 0.847. The predicted octanol–water partition coefficient (Wildman–Crippen LogP) is 2.12. The van der Waals surface area contributed by atoms with E-state index in [1.807, 2.05) is 36.5 Å². The average Bonchev–Trinajstić information content (AvgIpc) is 2.29. The third-order valence-corrected chi connectivity index (χ3v) is 2.32. The van der Waals surface area contributed by atoms with E-state index in [1.165, 1.54) is 0 Å². The molecule has 1 heterocycles. The van der Waals surface area contributed by atoms with Crippen LogP contribution >= 0.6 is 0 Å². The standard InChI is InChI=1S/C13H12N2O/c14-13(16)7-3-5-11-9-15-8-10-4-1-2-6-12(10)11/h1-6,8-9H,7H2,(H2,14,16). The molecule has 2 rings (SSSR count). The zero-order valence-electron chi connectivity index (χ0n) is 8.76. The Bertz CT molecular complexity index is 541. The lowest BCUT2D eigenvalue weighted by Crippen LogP contribution is -2.07. The monoisotopic (exact) mass is 212 g/mol. The lowest BCUT2D eigenvalue weighted by atomic mass is 10.1. The molecule has 0 saturated carbocycles. The van der Waals surface area contributed by atoms with Crippen LogP contribution in [-0.2, 0) is 4.79 Å². The van der Waals surface area contributed by atoms with E-state index in [0.29, 0.717) is 0 Å². The van der Waals surface area contributed by atoms with E-state index in [4.69, 9.17) is 5.73 Å². The number of benzene rings is 1. The van der Waals surface area contributed by atoms with E-state index >= 15 is 0 Å². The van der Waals surface area contributed by atoms with E-state index in [-0.39, 0.29) is 12.3 Å². The summed E-state index contributed by atoms with van der Waals surface area (Å²) in [5, 5.41) is 2.21. The maximum atomic E-state index is 10.6. The molecule has 1 aromatic heterocycles. The second-order valence-electron chi connectivity index (χ2n) is 3.52. The highest BCUT2D eigenvalue weighted by Crippen LogP contribution is 2.18. The van der Waals surface area contributed by atoms with Crippen molar-refractivity contribution < 1.29 is 4.79 Å². The second-order valence-corrected chi connectivity index (χ2v) is 3.52. The Morgan fingerprint density at radius 3 is 2.94 bits per heavy atom. The minimum absolute atomic E-state index is 0.253. The number of hydrogen-bond acceptors (Lipinski definition) is 2. The molecule has 0 aliphatic carbocycles. The van der Waals surface area contributed by atoms with Crippen molar-refractivity contribution in [2.24, 2.45) is 5.73 Å². The van der Waals surface area contributed by atoms with Gasteiger partial charge in [0.05, 0.1) is 0 Å². The van der Waals surface area contributed by atoms with Crippen molar-refractivity contribution in [2.45, 2.75) is 6.42 Å². The fourth-order valence-electron chi connectivity index (χ4n) is 1.57. The van der Waals surface area contributed by atoms with Gasteiger partial charge in [0, 0.05) is 29.8 Å². The fourth-order valence-corrected chi connectivity index (χ4v) is 1.57. The lowest BCUT2D eigenvalue weighted by Gasteiger charge is -2.00. The van der Waals surface area contributed by atoms with Crippen LogP contribution in [0.1, 0.15) is 12.0 Å². The molecule has 0 saturated heterocycles. The minimum atomic E-state index is -0.329. The Hall–Kier alpha value is -2.16. The maximum absolute atomic E-state index is 10.6. The van der Waals surface area contributed by atoms with E-state index in [0.717, 1.165) is 16.3 Å². The van der Waals surface area contributed by atoms with Crippen LogP contribution in [0.3, 0.4) is 0 Å². The highest BCUT2D eigenvalue weighted by Gasteiger charge is 1.97. The minimum Gasteiger partial charge on any atom is -0.369 e. The number of rotatable bonds is 3. The van der Waals surface area contributed by atoms with Crippen LogP contribution in [0.4, 0.5) is 0 Å². The van der Waals surface area contributed by atoms with Crippen molar-refractivity contribution >= 4 is 22.8 Å². The van der Waals surface area contributed by atoms with Crippen molar-refractivity contribution in [3.8, 4) is 0 Å². The Balaban J connectivity index is 2.37. The number of primary amides is 1. The summed E-state index contributed by atoms with van der Waals surface area (Å²) in [5.74, 6) is -0.329. The molecule has 0 fully saturated rings. The first-order valence-corrected chi connectivity index (χ1v) is 5.05. The molecule has 0 bridgehead atoms. The number of aromatic nitrogens is 1. The second kappa shape index (κ2) is 4.57. The lowest BCUT2D eigenvalue weighted by molar-refractivity contribution is -0.117. The smallest absolute Gasteiger partial charge is 0.221 e. The molecule has 0 unspecified atom stereocenters. The SMILES string of the molecule is NC(=O)CC=Cc1cncc2ccccc12. The number of pyridine rings is 1. The van der Waals surface area contributed by atoms with Gasteiger partial charge < -0.3 is 5.73 Å². The van der Waals surface area contributed by atoms with E-state index in [1.54, 1.807) is 12.3 Å². The number of nitrogens with two attached hydrogens (primary N) is 1. The van der Waals surface area contributed by atoms with Gasteiger partial charge in [-0.1, -0.05) is 36.4 Å². The van der Waals surface area contributed by atoms with Gasteiger partial charge in [0.15, 0.2) is 0 Å². The van der Waals surface area contributed by atoms with Crippen molar-refractivity contribution in [2.75, 3.05) is 0 Å². The van der Waals surface area contributed by atoms with Crippen LogP contribution in [0, 0.1) is 0 Å². The molecule has 16 heavy (non-hydrogen) atoms. The largest absolute Gasteiger partial charge is 0.369 e. The van der Waals surface area contributed by atoms with Crippen LogP contribution in [0.2, 0.25) is 0 Å². The van der Waals surface area contributed by atoms with Crippen LogP contribution in [0.5, 0.6) is 0 Å². The zero-order valence-corrected chi connectivity index (χ0v) is 8.76. The first kappa shape index (κ1) is 10.4. The summed E-state index contributed by atoms with van der Waals surface area (Å²) >= 11 is 0.